The highest BCUT2D eigenvalue weighted by molar-refractivity contribution is 7.48. The highest BCUT2D eigenvalue weighted by Gasteiger charge is 2.53. The van der Waals surface area contributed by atoms with Gasteiger partial charge < -0.3 is 50.2 Å². The quantitative estimate of drug-likeness (QED) is 0.0524. The molecular formula is C36H51N12O19P3. The van der Waals surface area contributed by atoms with E-state index in [1.807, 2.05) is 0 Å². The minimum atomic E-state index is -5.27. The molecule has 0 radical (unpaired) electrons. The first-order valence-electron chi connectivity index (χ1n) is 21.3. The number of nitrogens with zero attached hydrogens (tertiary/aromatic N) is 9. The molecule has 5 aromatic heterocycles. The molecule has 3 aliphatic rings. The van der Waals surface area contributed by atoms with E-state index in [0.29, 0.717) is 0 Å². The van der Waals surface area contributed by atoms with Crippen molar-refractivity contribution >= 4 is 57.4 Å². The van der Waals surface area contributed by atoms with Crippen molar-refractivity contribution in [3.05, 3.63) is 57.9 Å². The number of aryl methyl sites for hydroxylation is 1. The summed E-state index contributed by atoms with van der Waals surface area (Å²) in [6.45, 7) is 3.38. The molecule has 70 heavy (non-hydrogen) atoms. The van der Waals surface area contributed by atoms with Crippen LogP contribution in [0.15, 0.2) is 41.1 Å². The van der Waals surface area contributed by atoms with Gasteiger partial charge in [-0.2, -0.15) is 0 Å². The predicted octanol–water partition coefficient (Wildman–Crippen LogP) is 0.578. The molecular weight excluding hydrogens is 997 g/mol. The molecule has 9 N–H and O–H groups in total. The lowest BCUT2D eigenvalue weighted by Gasteiger charge is -2.27. The van der Waals surface area contributed by atoms with Gasteiger partial charge in [0.1, 0.15) is 66.7 Å². The number of fused-ring (bicyclic) bond motifs is 2. The van der Waals surface area contributed by atoms with Gasteiger partial charge in [-0.05, 0) is 20.8 Å². The summed E-state index contributed by atoms with van der Waals surface area (Å²) < 4.78 is 101. The Kier molecular flexibility index (Phi) is 15.2. The van der Waals surface area contributed by atoms with Crippen LogP contribution in [0.5, 0.6) is 0 Å². The molecule has 384 valence electrons. The van der Waals surface area contributed by atoms with Gasteiger partial charge in [0, 0.05) is 37.1 Å². The zero-order valence-corrected chi connectivity index (χ0v) is 40.5. The maximum Gasteiger partial charge on any atom is 0.472 e. The lowest BCUT2D eigenvalue weighted by atomic mass is 10.0. The monoisotopic (exact) mass is 1050 g/mol. The van der Waals surface area contributed by atoms with E-state index in [0.717, 1.165) is 10.9 Å². The average molecular weight is 1050 g/mol. The molecule has 3 aliphatic heterocycles. The highest BCUT2D eigenvalue weighted by Crippen LogP contribution is 2.54. The third-order valence-corrected chi connectivity index (χ3v) is 14.8. The van der Waals surface area contributed by atoms with Gasteiger partial charge in [0.15, 0.2) is 29.2 Å². The summed E-state index contributed by atoms with van der Waals surface area (Å²) >= 11 is 0. The number of aromatic amines is 1. The van der Waals surface area contributed by atoms with E-state index < -0.39 is 134 Å². The molecule has 0 amide bonds. The molecule has 0 bridgehead atoms. The van der Waals surface area contributed by atoms with E-state index in [2.05, 4.69) is 34.9 Å². The number of rotatable bonds is 20. The number of nitrogens with one attached hydrogen (secondary N) is 1. The van der Waals surface area contributed by atoms with Gasteiger partial charge in [0.2, 0.25) is 0 Å². The number of hydrogen-bond donors (Lipinski definition) is 7. The molecule has 3 fully saturated rings. The van der Waals surface area contributed by atoms with Gasteiger partial charge in [-0.25, -0.2) is 48.4 Å². The summed E-state index contributed by atoms with van der Waals surface area (Å²) in [5, 5.41) is 10.1. The Morgan fingerprint density at radius 2 is 1.30 bits per heavy atom. The van der Waals surface area contributed by atoms with Crippen LogP contribution in [0.25, 0.3) is 22.3 Å². The maximum atomic E-state index is 14.0. The first-order valence-corrected chi connectivity index (χ1v) is 25.8. The van der Waals surface area contributed by atoms with E-state index in [1.165, 1.54) is 62.2 Å². The molecule has 31 nitrogen and oxygen atoms in total. The van der Waals surface area contributed by atoms with Crippen molar-refractivity contribution in [1.82, 2.24) is 48.6 Å². The number of anilines is 2. The van der Waals surface area contributed by atoms with E-state index >= 15 is 0 Å². The summed E-state index contributed by atoms with van der Waals surface area (Å²) in [7, 11) is -13.9. The number of phosphoric acid groups is 3. The molecule has 34 heteroatoms. The average Bonchev–Trinajstić information content (AvgIpc) is 4.13. The van der Waals surface area contributed by atoms with Crippen LogP contribution in [0.2, 0.25) is 0 Å². The minimum absolute atomic E-state index is 0.00179. The Morgan fingerprint density at radius 3 is 1.89 bits per heavy atom. The van der Waals surface area contributed by atoms with Crippen LogP contribution in [-0.2, 0) is 59.8 Å². The molecule has 0 saturated carbocycles. The molecule has 0 spiro atoms. The van der Waals surface area contributed by atoms with Gasteiger partial charge in [-0.15, -0.1) is 0 Å². The second kappa shape index (κ2) is 20.6. The second-order valence-electron chi connectivity index (χ2n) is 16.7. The molecule has 5 aromatic rings. The fraction of sp³-hybridized carbons (Fsp3) is 0.611. The van der Waals surface area contributed by atoms with Gasteiger partial charge >= 0.3 is 29.2 Å². The van der Waals surface area contributed by atoms with Gasteiger partial charge in [0.25, 0.3) is 5.56 Å². The fourth-order valence-corrected chi connectivity index (χ4v) is 11.3. The van der Waals surface area contributed by atoms with E-state index in [1.54, 1.807) is 6.92 Å². The van der Waals surface area contributed by atoms with E-state index in [4.69, 9.17) is 57.6 Å². The Morgan fingerprint density at radius 1 is 0.757 bits per heavy atom. The maximum absolute atomic E-state index is 14.0. The van der Waals surface area contributed by atoms with Gasteiger partial charge in [-0.3, -0.25) is 50.6 Å². The number of H-pyrrole nitrogens is 1. The summed E-state index contributed by atoms with van der Waals surface area (Å²) in [5.41, 5.74) is 11.6. The molecule has 8 rings (SSSR count). The molecule has 0 aliphatic carbocycles. The van der Waals surface area contributed by atoms with Crippen LogP contribution < -0.4 is 22.7 Å². The Hall–Kier alpha value is -4.49. The van der Waals surface area contributed by atoms with Crippen molar-refractivity contribution in [3.63, 3.8) is 0 Å². The van der Waals surface area contributed by atoms with Crippen LogP contribution in [0, 0.1) is 18.8 Å². The number of nitrogen functional groups attached to an aromatic ring is 2. The van der Waals surface area contributed by atoms with Crippen molar-refractivity contribution in [3.8, 4) is 0 Å². The standard InChI is InChI=1S/C36H51N12O19P3/c1-16(2)65-68(52,53)60-10-21-26(18(4)34(63-21)47-14-43-24-29(37)39-12-41-31(24)47)66-70(56,57)61-11-22-27(28(58-5)35(64-22)48-15-44-25-30(38)40-13-42-32(25)48)67-69(54,55)59-9-19-6-23(62-20(19)8-49)46-7-17(3)33(50)45-36(46)51/h7,12-16,18-23,26-28,34-35,49H,6,8-11H2,1-5H3,(H,52,53)(H,54,55)(H,56,57)(H2,37,39,41)(H2,38,40,42)(H,45,50,51)/t18-,19-,20-,21-,22-,23-,26+,27-,28-,34-,35-/m1/s1. The fourth-order valence-electron chi connectivity index (χ4n) is 8.37. The summed E-state index contributed by atoms with van der Waals surface area (Å²) in [4.78, 5) is 84.6. The number of phosphoric ester groups is 3. The zero-order valence-electron chi connectivity index (χ0n) is 37.8. The van der Waals surface area contributed by atoms with Crippen molar-refractivity contribution in [2.45, 2.75) is 95.5 Å². The minimum Gasteiger partial charge on any atom is -0.394 e. The van der Waals surface area contributed by atoms with Crippen LogP contribution >= 0.6 is 23.5 Å². The summed E-state index contributed by atoms with van der Waals surface area (Å²) in [5.74, 6) is -1.58. The second-order valence-corrected chi connectivity index (χ2v) is 20.9. The van der Waals surface area contributed by atoms with Crippen molar-refractivity contribution in [2.75, 3.05) is 45.0 Å². The van der Waals surface area contributed by atoms with Crippen molar-refractivity contribution in [2.24, 2.45) is 11.8 Å². The number of aliphatic hydroxyl groups is 1. The van der Waals surface area contributed by atoms with Crippen LogP contribution in [0.1, 0.15) is 51.4 Å². The molecule has 0 aromatic carbocycles. The summed E-state index contributed by atoms with van der Waals surface area (Å²) in [6, 6.07) is 0. The first kappa shape index (κ1) is 51.9. The third kappa shape index (κ3) is 11.0. The SMILES string of the molecule is CO[C@@H]1[C@H](OP(=O)(O)OC[C@H]2C[C@H](n3cc(C)c(=O)[nH]c3=O)O[C@@H]2CO)[C@@H](COP(=O)(O)O[C@H]2[C@@H](C)[C@H](n3cnc4c(N)ncnc43)O[C@@H]2COP(=O)(O)OC(C)C)O[C@H]1n1cnc2c(N)ncnc21. The normalized spacial score (nSPS) is 29.8. The van der Waals surface area contributed by atoms with E-state index in [-0.39, 0.29) is 45.9 Å². The molecule has 8 heterocycles. The van der Waals surface area contributed by atoms with Crippen LogP contribution in [0.4, 0.5) is 11.6 Å². The van der Waals surface area contributed by atoms with Crippen LogP contribution in [-0.4, -0.2) is 145 Å². The van der Waals surface area contributed by atoms with E-state index in [9.17, 15) is 43.1 Å². The predicted molar refractivity (Wildman–Crippen MR) is 236 cm³/mol. The lowest BCUT2D eigenvalue weighted by Crippen LogP contribution is -2.37. The van der Waals surface area contributed by atoms with Gasteiger partial charge in [0.05, 0.1) is 51.3 Å². The Labute approximate surface area is 395 Å². The number of ether oxygens (including phenoxy) is 4. The number of hydrogen-bond acceptors (Lipinski definition) is 24. The third-order valence-electron chi connectivity index (χ3n) is 11.6. The molecule has 14 atom stereocenters. The number of aliphatic hydroxyl groups excluding tert-OH is 1. The number of nitrogens with two attached hydrogens (primary N) is 2. The van der Waals surface area contributed by atoms with Crippen LogP contribution in [0.3, 0.4) is 0 Å². The Bertz CT molecular complexity index is 2960. The van der Waals surface area contributed by atoms with Crippen molar-refractivity contribution < 1.29 is 79.6 Å². The topological polar surface area (TPSA) is 419 Å². The molecule has 3 unspecified atom stereocenters. The summed E-state index contributed by atoms with van der Waals surface area (Å²) in [6.07, 6.45) is -6.05. The highest BCUT2D eigenvalue weighted by atomic mass is 31.2. The first-order chi connectivity index (χ1) is 33.1. The largest absolute Gasteiger partial charge is 0.472 e. The Balaban J connectivity index is 1.02. The number of imidazole rings is 2. The molecule has 3 saturated heterocycles. The smallest absolute Gasteiger partial charge is 0.394 e. The van der Waals surface area contributed by atoms with Crippen molar-refractivity contribution in [1.29, 1.82) is 0 Å². The lowest BCUT2D eigenvalue weighted by molar-refractivity contribution is -0.0625. The zero-order chi connectivity index (χ0) is 50.4. The van der Waals surface area contributed by atoms with Gasteiger partial charge in [-0.1, -0.05) is 6.92 Å². The number of aromatic nitrogens is 10. The number of methoxy groups -OCH3 is 1.